The van der Waals surface area contributed by atoms with E-state index in [4.69, 9.17) is 8.83 Å². The molecule has 0 fully saturated rings. The van der Waals surface area contributed by atoms with E-state index in [1.807, 2.05) is 78.9 Å². The molecule has 8 nitrogen and oxygen atoms in total. The average Bonchev–Trinajstić information content (AvgIpc) is 1.53. The van der Waals surface area contributed by atoms with Crippen LogP contribution in [-0.2, 0) is 12.8 Å². The van der Waals surface area contributed by atoms with Gasteiger partial charge < -0.3 is 28.6 Å². The number of allylic oxidation sites excluding steroid dienone is 3. The van der Waals surface area contributed by atoms with E-state index in [9.17, 15) is 10.5 Å². The van der Waals surface area contributed by atoms with Crippen LogP contribution in [0.3, 0.4) is 0 Å². The second kappa shape index (κ2) is 20.6. The van der Waals surface area contributed by atoms with Gasteiger partial charge in [0.05, 0.1) is 50.1 Å². The van der Waals surface area contributed by atoms with Crippen molar-refractivity contribution in [2.45, 2.75) is 12.8 Å². The topological polar surface area (TPSA) is 108 Å². The van der Waals surface area contributed by atoms with Crippen molar-refractivity contribution in [2.24, 2.45) is 5.92 Å². The molecule has 4 heterocycles. The van der Waals surface area contributed by atoms with E-state index in [1.54, 1.807) is 0 Å². The van der Waals surface area contributed by atoms with Crippen molar-refractivity contribution in [3.8, 4) is 45.8 Å². The smallest absolute Gasteiger partial charge is 0.145 e. The second-order valence-corrected chi connectivity index (χ2v) is 23.0. The molecule has 2 aliphatic carbocycles. The van der Waals surface area contributed by atoms with Crippen LogP contribution in [0, 0.1) is 28.6 Å². The fourth-order valence-corrected chi connectivity index (χ4v) is 13.9. The number of fused-ring (bicyclic) bond motifs is 13. The van der Waals surface area contributed by atoms with Crippen molar-refractivity contribution >= 4 is 112 Å². The van der Waals surface area contributed by atoms with E-state index in [1.165, 1.54) is 21.9 Å². The zero-order valence-electron chi connectivity index (χ0n) is 48.1. The van der Waals surface area contributed by atoms with E-state index in [0.29, 0.717) is 35.3 Å². The van der Waals surface area contributed by atoms with Crippen LogP contribution in [0.2, 0.25) is 0 Å². The summed E-state index contributed by atoms with van der Waals surface area (Å²) in [6.45, 7) is 4.19. The highest BCUT2D eigenvalue weighted by Gasteiger charge is 2.43. The van der Waals surface area contributed by atoms with Crippen molar-refractivity contribution < 1.29 is 8.83 Å². The lowest BCUT2D eigenvalue weighted by atomic mass is 9.96. The van der Waals surface area contributed by atoms with Crippen LogP contribution in [0.5, 0.6) is 0 Å². The van der Waals surface area contributed by atoms with E-state index < -0.39 is 0 Å². The summed E-state index contributed by atoms with van der Waals surface area (Å²) in [5.74, 6) is 0.944. The van der Waals surface area contributed by atoms with E-state index in [0.717, 1.165) is 134 Å². The third-order valence-corrected chi connectivity index (χ3v) is 18.1. The molecule has 15 aromatic rings. The number of rotatable bonds is 13. The molecule has 2 aliphatic rings. The molecule has 0 saturated heterocycles. The molecule has 0 saturated carbocycles. The number of furan rings is 2. The zero-order chi connectivity index (χ0) is 59.3. The number of hydrogen-bond donors (Lipinski definition) is 2. The highest BCUT2D eigenvalue weighted by atomic mass is 16.3. The van der Waals surface area contributed by atoms with Gasteiger partial charge >= 0.3 is 0 Å². The maximum Gasteiger partial charge on any atom is 0.145 e. The Labute approximate surface area is 512 Å². The molecule has 4 aromatic heterocycles. The van der Waals surface area contributed by atoms with Gasteiger partial charge in [0.15, 0.2) is 0 Å². The predicted octanol–water partition coefficient (Wildman–Crippen LogP) is 20.9. The first kappa shape index (κ1) is 51.3. The van der Waals surface area contributed by atoms with Gasteiger partial charge in [-0.15, -0.1) is 0 Å². The first-order valence-electron chi connectivity index (χ1n) is 30.0. The summed E-state index contributed by atoms with van der Waals surface area (Å²) in [5, 5.41) is 36.4. The van der Waals surface area contributed by atoms with Gasteiger partial charge in [0.2, 0.25) is 0 Å². The summed E-state index contributed by atoms with van der Waals surface area (Å²) in [6, 6.07) is 89.2. The lowest BCUT2D eigenvalue weighted by molar-refractivity contribution is 0.546. The summed E-state index contributed by atoms with van der Waals surface area (Å²) >= 11 is 0. The Balaban J connectivity index is 0.778. The van der Waals surface area contributed by atoms with Crippen molar-refractivity contribution in [1.82, 2.24) is 9.13 Å². The lowest BCUT2D eigenvalue weighted by Gasteiger charge is -2.18. The first-order valence-corrected chi connectivity index (χ1v) is 30.0. The monoisotopic (exact) mass is 1140 g/mol. The molecule has 11 aromatic carbocycles. The third-order valence-electron chi connectivity index (χ3n) is 18.1. The van der Waals surface area contributed by atoms with Crippen molar-refractivity contribution in [3.63, 3.8) is 0 Å². The molecular weight excluding hydrogens is 1090 g/mol. The van der Waals surface area contributed by atoms with Crippen LogP contribution in [0.15, 0.2) is 264 Å². The number of anilines is 4. The molecule has 0 amide bonds. The molecule has 418 valence electrons. The number of aromatic nitrogens is 2. The molecule has 0 spiro atoms. The molecule has 1 atom stereocenters. The summed E-state index contributed by atoms with van der Waals surface area (Å²) < 4.78 is 17.9. The quantitative estimate of drug-likeness (QED) is 0.119. The summed E-state index contributed by atoms with van der Waals surface area (Å²) in [5.41, 5.74) is 23.5. The standard InChI is InChI=1S/C81H52N6O2/c1-2-58-62-23-11-15-27-74(62)88-76(58)42-35-53-43-51(52-33-36-61-60-22-10-14-26-69(60)86(73(61)45-52)57-19-7-4-8-20-57)34-39-66(53)85-68-44-55(48-83)72(46-54(68)47-82)87-70-41-38-65-77(78(65)79(70)80-71(87)40-37-64-63-24-12-16-28-75(63)89-81(64)80)50-31-29-49(30-32-50)59-21-9-13-25-67(59)84-56-17-5-3-6-18-56/h2-34,36-41,43-46,65,84-85H,1,35,42H2/t65-/m1/s1. The van der Waals surface area contributed by atoms with Gasteiger partial charge in [-0.1, -0.05) is 170 Å². The van der Waals surface area contributed by atoms with E-state index in [2.05, 4.69) is 220 Å². The zero-order valence-corrected chi connectivity index (χ0v) is 48.1. The number of nitrogens with zero attached hydrogens (tertiary/aromatic N) is 4. The van der Waals surface area contributed by atoms with Gasteiger partial charge in [-0.3, -0.25) is 0 Å². The largest absolute Gasteiger partial charge is 0.460 e. The lowest BCUT2D eigenvalue weighted by Crippen LogP contribution is -2.05. The average molecular weight is 1140 g/mol. The fourth-order valence-electron chi connectivity index (χ4n) is 13.9. The summed E-state index contributed by atoms with van der Waals surface area (Å²) in [7, 11) is 0. The van der Waals surface area contributed by atoms with Crippen LogP contribution in [0.1, 0.15) is 44.8 Å². The fraction of sp³-hybridized carbons (Fsp3) is 0.0370. The molecule has 8 heteroatoms. The van der Waals surface area contributed by atoms with Crippen molar-refractivity contribution in [1.29, 1.82) is 10.5 Å². The molecule has 2 N–H and O–H groups in total. The molecule has 0 aliphatic heterocycles. The van der Waals surface area contributed by atoms with E-state index >= 15 is 0 Å². The van der Waals surface area contributed by atoms with Crippen LogP contribution >= 0.6 is 0 Å². The van der Waals surface area contributed by atoms with E-state index in [-0.39, 0.29) is 5.92 Å². The molecule has 0 bridgehead atoms. The first-order chi connectivity index (χ1) is 44.0. The Bertz CT molecular complexity index is 5600. The molecule has 17 rings (SSSR count). The Morgan fingerprint density at radius 1 is 0.483 bits per heavy atom. The normalized spacial score (nSPS) is 13.3. The molecule has 0 radical (unpaired) electrons. The Hall–Kier alpha value is -12.1. The van der Waals surface area contributed by atoms with Gasteiger partial charge in [0.25, 0.3) is 0 Å². The Kier molecular flexibility index (Phi) is 11.9. The van der Waals surface area contributed by atoms with Crippen molar-refractivity contribution in [2.75, 3.05) is 10.6 Å². The molecule has 89 heavy (non-hydrogen) atoms. The predicted molar refractivity (Wildman–Crippen MR) is 364 cm³/mol. The number of nitrogens with one attached hydrogen (secondary N) is 2. The number of benzene rings is 11. The SMILES string of the molecule is C=Cc1c(CCc2cc(-c3ccc4c5ccccc5n(-c5ccccc5)c4c3)ccc2Nc2cc(C#N)c(-n3c4c(c5c6oc7ccccc7c6ccc53)C3=C(c5ccc(-c6ccccc6Nc6ccccc6)cc5)[C@H]3C=C4)cc2C#N)oc2ccccc12. The number of aryl methyl sites for hydroxylation is 2. The highest BCUT2D eigenvalue weighted by Crippen LogP contribution is 2.61. The minimum absolute atomic E-state index is 0.0929. The van der Waals surface area contributed by atoms with Crippen molar-refractivity contribution in [3.05, 3.63) is 300 Å². The summed E-state index contributed by atoms with van der Waals surface area (Å²) in [6.07, 6.45) is 7.53. The van der Waals surface area contributed by atoms with Gasteiger partial charge in [-0.25, -0.2) is 0 Å². The minimum Gasteiger partial charge on any atom is -0.460 e. The van der Waals surface area contributed by atoms with Crippen LogP contribution in [-0.4, -0.2) is 9.13 Å². The maximum atomic E-state index is 11.4. The Morgan fingerprint density at radius 3 is 1.96 bits per heavy atom. The Morgan fingerprint density at radius 2 is 1.15 bits per heavy atom. The maximum absolute atomic E-state index is 11.4. The van der Waals surface area contributed by atoms with Gasteiger partial charge in [0.1, 0.15) is 34.6 Å². The number of hydrogen-bond acceptors (Lipinski definition) is 6. The van der Waals surface area contributed by atoms with Crippen LogP contribution in [0.25, 0.3) is 123 Å². The second-order valence-electron chi connectivity index (χ2n) is 23.0. The van der Waals surface area contributed by atoms with Gasteiger partial charge in [-0.05, 0) is 142 Å². The number of nitriles is 2. The molecular formula is C81H52N6O2. The molecule has 0 unspecified atom stereocenters. The van der Waals surface area contributed by atoms with Crippen LogP contribution in [0.4, 0.5) is 22.7 Å². The van der Waals surface area contributed by atoms with Gasteiger partial charge in [0, 0.05) is 78.7 Å². The number of para-hydroxylation sites is 6. The van der Waals surface area contributed by atoms with Crippen LogP contribution < -0.4 is 10.6 Å². The van der Waals surface area contributed by atoms with Gasteiger partial charge in [-0.2, -0.15) is 10.5 Å². The highest BCUT2D eigenvalue weighted by molar-refractivity contribution is 6.26. The third kappa shape index (κ3) is 8.34. The summed E-state index contributed by atoms with van der Waals surface area (Å²) in [4.78, 5) is 0. The minimum atomic E-state index is 0.0929.